The van der Waals surface area contributed by atoms with Gasteiger partial charge >= 0.3 is 0 Å². The highest BCUT2D eigenvalue weighted by Crippen LogP contribution is 2.44. The van der Waals surface area contributed by atoms with Crippen LogP contribution in [-0.4, -0.2) is 36.8 Å². The summed E-state index contributed by atoms with van der Waals surface area (Å²) in [6.45, 7) is -0.0908. The maximum Gasteiger partial charge on any atom is 0.132 e. The number of rotatable bonds is 5. The first-order chi connectivity index (χ1) is 13.7. The summed E-state index contributed by atoms with van der Waals surface area (Å²) >= 11 is 0. The highest BCUT2D eigenvalue weighted by Gasteiger charge is 2.40. The molecule has 0 unspecified atom stereocenters. The molecule has 1 aliphatic heterocycles. The molecule has 0 spiro atoms. The van der Waals surface area contributed by atoms with E-state index >= 15 is 0 Å². The lowest BCUT2D eigenvalue weighted by molar-refractivity contribution is 0.0696. The van der Waals surface area contributed by atoms with Crippen LogP contribution < -0.4 is 9.47 Å². The SMILES string of the molecule is COc1ccc(/C=C2\CCC[C@H]3C2=NN(CO)[C@@H]3c2ccc(OC)cc2)cc1. The molecule has 0 radical (unpaired) electrons. The second-order valence-electron chi connectivity index (χ2n) is 7.23. The number of allylic oxidation sites excluding steroid dienone is 1. The maximum absolute atomic E-state index is 9.94. The fourth-order valence-electron chi connectivity index (χ4n) is 4.24. The largest absolute Gasteiger partial charge is 0.497 e. The minimum Gasteiger partial charge on any atom is -0.497 e. The lowest BCUT2D eigenvalue weighted by Gasteiger charge is -2.29. The Kier molecular flexibility index (Phi) is 5.35. The summed E-state index contributed by atoms with van der Waals surface area (Å²) in [6, 6.07) is 16.2. The number of hydrazone groups is 1. The maximum atomic E-state index is 9.94. The van der Waals surface area contributed by atoms with Gasteiger partial charge in [-0.1, -0.05) is 24.3 Å². The number of ether oxygens (including phenoxy) is 2. The molecule has 1 N–H and O–H groups in total. The summed E-state index contributed by atoms with van der Waals surface area (Å²) in [5, 5.41) is 16.6. The lowest BCUT2D eigenvalue weighted by atomic mass is 9.77. The van der Waals surface area contributed by atoms with Crippen molar-refractivity contribution in [3.05, 3.63) is 65.2 Å². The van der Waals surface area contributed by atoms with E-state index in [0.717, 1.165) is 47.6 Å². The zero-order chi connectivity index (χ0) is 19.5. The number of methoxy groups -OCH3 is 2. The molecule has 1 aliphatic carbocycles. The van der Waals surface area contributed by atoms with Crippen LogP contribution in [-0.2, 0) is 0 Å². The predicted molar refractivity (Wildman–Crippen MR) is 110 cm³/mol. The summed E-state index contributed by atoms with van der Waals surface area (Å²) in [5.41, 5.74) is 4.67. The van der Waals surface area contributed by atoms with Crippen LogP contribution in [0.25, 0.3) is 6.08 Å². The molecule has 1 heterocycles. The summed E-state index contributed by atoms with van der Waals surface area (Å²) in [7, 11) is 3.35. The molecule has 1 saturated carbocycles. The van der Waals surface area contributed by atoms with Crippen LogP contribution in [0.15, 0.2) is 59.2 Å². The molecule has 5 nitrogen and oxygen atoms in total. The van der Waals surface area contributed by atoms with Gasteiger partial charge in [-0.05, 0) is 66.3 Å². The molecule has 28 heavy (non-hydrogen) atoms. The molecular weight excluding hydrogens is 352 g/mol. The number of benzene rings is 2. The van der Waals surface area contributed by atoms with Crippen molar-refractivity contribution < 1.29 is 14.6 Å². The van der Waals surface area contributed by atoms with Gasteiger partial charge in [-0.15, -0.1) is 0 Å². The van der Waals surface area contributed by atoms with Crippen LogP contribution in [0, 0.1) is 5.92 Å². The van der Waals surface area contributed by atoms with Crippen molar-refractivity contribution in [1.82, 2.24) is 5.01 Å². The predicted octanol–water partition coefficient (Wildman–Crippen LogP) is 4.25. The van der Waals surface area contributed by atoms with Gasteiger partial charge in [-0.2, -0.15) is 5.10 Å². The fourth-order valence-corrected chi connectivity index (χ4v) is 4.24. The van der Waals surface area contributed by atoms with Gasteiger partial charge in [0.25, 0.3) is 0 Å². The molecule has 0 saturated heterocycles. The van der Waals surface area contributed by atoms with Crippen LogP contribution in [0.5, 0.6) is 11.5 Å². The van der Waals surface area contributed by atoms with Crippen LogP contribution in [0.2, 0.25) is 0 Å². The van der Waals surface area contributed by atoms with E-state index in [1.165, 1.54) is 5.57 Å². The van der Waals surface area contributed by atoms with Gasteiger partial charge < -0.3 is 14.6 Å². The second kappa shape index (κ2) is 8.07. The van der Waals surface area contributed by atoms with Crippen LogP contribution in [0.3, 0.4) is 0 Å². The molecule has 4 rings (SSSR count). The Hall–Kier alpha value is -2.79. The summed E-state index contributed by atoms with van der Waals surface area (Å²) in [5.74, 6) is 1.98. The molecule has 146 valence electrons. The van der Waals surface area contributed by atoms with E-state index < -0.39 is 0 Å². The van der Waals surface area contributed by atoms with E-state index in [1.807, 2.05) is 29.3 Å². The molecule has 1 fully saturated rings. The monoisotopic (exact) mass is 378 g/mol. The Bertz CT molecular complexity index is 872. The topological polar surface area (TPSA) is 54.3 Å². The molecule has 2 aromatic rings. The second-order valence-corrected chi connectivity index (χ2v) is 7.23. The smallest absolute Gasteiger partial charge is 0.132 e. The van der Waals surface area contributed by atoms with E-state index in [9.17, 15) is 5.11 Å². The van der Waals surface area contributed by atoms with E-state index in [1.54, 1.807) is 14.2 Å². The normalized spacial score (nSPS) is 22.8. The van der Waals surface area contributed by atoms with E-state index in [2.05, 4.69) is 30.3 Å². The van der Waals surface area contributed by atoms with E-state index in [4.69, 9.17) is 14.6 Å². The van der Waals surface area contributed by atoms with Gasteiger partial charge in [0, 0.05) is 5.92 Å². The number of hydrogen-bond donors (Lipinski definition) is 1. The van der Waals surface area contributed by atoms with E-state index in [-0.39, 0.29) is 12.8 Å². The molecule has 2 aromatic carbocycles. The van der Waals surface area contributed by atoms with Gasteiger partial charge in [0.15, 0.2) is 0 Å². The minimum absolute atomic E-state index is 0.0606. The highest BCUT2D eigenvalue weighted by atomic mass is 16.5. The Labute approximate surface area is 165 Å². The minimum atomic E-state index is -0.0908. The van der Waals surface area contributed by atoms with E-state index in [0.29, 0.717) is 5.92 Å². The third-order valence-corrected chi connectivity index (χ3v) is 5.64. The average Bonchev–Trinajstić information content (AvgIpc) is 3.14. The highest BCUT2D eigenvalue weighted by molar-refractivity contribution is 6.07. The number of fused-ring (bicyclic) bond motifs is 1. The first-order valence-electron chi connectivity index (χ1n) is 9.68. The van der Waals surface area contributed by atoms with Crippen molar-refractivity contribution in [2.75, 3.05) is 21.0 Å². The van der Waals surface area contributed by atoms with Gasteiger partial charge in [0.05, 0.1) is 26.0 Å². The van der Waals surface area contributed by atoms with Crippen molar-refractivity contribution in [3.8, 4) is 11.5 Å². The first-order valence-corrected chi connectivity index (χ1v) is 9.68. The van der Waals surface area contributed by atoms with Crippen molar-refractivity contribution in [2.24, 2.45) is 11.0 Å². The average molecular weight is 378 g/mol. The number of aliphatic hydroxyl groups excluding tert-OH is 1. The quantitative estimate of drug-likeness (QED) is 0.845. The molecule has 0 amide bonds. The van der Waals surface area contributed by atoms with Crippen LogP contribution in [0.4, 0.5) is 0 Å². The number of aliphatic hydroxyl groups is 1. The standard InChI is InChI=1S/C23H26N2O3/c1-27-19-10-6-16(7-11-19)14-18-4-3-5-21-22(18)24-25(15-26)23(21)17-8-12-20(28-2)13-9-17/h6-14,21,23,26H,3-5,15H2,1-2H3/b18-14+/t21-,23+/m0/s1. The lowest BCUT2D eigenvalue weighted by Crippen LogP contribution is -2.28. The summed E-state index contributed by atoms with van der Waals surface area (Å²) < 4.78 is 10.5. The molecule has 2 atom stereocenters. The molecule has 0 aromatic heterocycles. The molecule has 5 heteroatoms. The Morgan fingerprint density at radius 3 is 2.29 bits per heavy atom. The zero-order valence-corrected chi connectivity index (χ0v) is 16.3. The Morgan fingerprint density at radius 1 is 1.04 bits per heavy atom. The zero-order valence-electron chi connectivity index (χ0n) is 16.3. The first kappa shape index (κ1) is 18.6. The van der Waals surface area contributed by atoms with Crippen molar-refractivity contribution >= 4 is 11.8 Å². The van der Waals surface area contributed by atoms with Crippen molar-refractivity contribution in [3.63, 3.8) is 0 Å². The summed E-state index contributed by atoms with van der Waals surface area (Å²) in [4.78, 5) is 0. The van der Waals surface area contributed by atoms with Gasteiger partial charge in [0.2, 0.25) is 0 Å². The molecular formula is C23H26N2O3. The van der Waals surface area contributed by atoms with Crippen molar-refractivity contribution in [2.45, 2.75) is 25.3 Å². The fraction of sp³-hybridized carbons (Fsp3) is 0.348. The molecule has 0 bridgehead atoms. The number of hydrogen-bond acceptors (Lipinski definition) is 5. The third-order valence-electron chi connectivity index (χ3n) is 5.64. The van der Waals surface area contributed by atoms with Gasteiger partial charge in [0.1, 0.15) is 18.2 Å². The van der Waals surface area contributed by atoms with Gasteiger partial charge in [-0.25, -0.2) is 0 Å². The van der Waals surface area contributed by atoms with Gasteiger partial charge in [-0.3, -0.25) is 5.01 Å². The van der Waals surface area contributed by atoms with Crippen LogP contribution >= 0.6 is 0 Å². The number of nitrogens with zero attached hydrogens (tertiary/aromatic N) is 2. The van der Waals surface area contributed by atoms with Crippen LogP contribution in [0.1, 0.15) is 36.4 Å². The summed E-state index contributed by atoms with van der Waals surface area (Å²) in [6.07, 6.45) is 5.43. The Morgan fingerprint density at radius 2 is 1.68 bits per heavy atom. The third kappa shape index (κ3) is 3.50. The van der Waals surface area contributed by atoms with Crippen molar-refractivity contribution in [1.29, 1.82) is 0 Å². The molecule has 2 aliphatic rings. The Balaban J connectivity index is 1.64.